The summed E-state index contributed by atoms with van der Waals surface area (Å²) >= 11 is 1.61. The predicted octanol–water partition coefficient (Wildman–Crippen LogP) is 5.93. The van der Waals surface area contributed by atoms with Crippen molar-refractivity contribution in [1.29, 1.82) is 0 Å². The van der Waals surface area contributed by atoms with Crippen LogP contribution in [0.4, 0.5) is 4.79 Å². The van der Waals surface area contributed by atoms with Gasteiger partial charge >= 0.3 is 6.09 Å². The van der Waals surface area contributed by atoms with E-state index in [0.717, 1.165) is 48.8 Å². The van der Waals surface area contributed by atoms with E-state index >= 15 is 0 Å². The molecular formula is C29H49N3O4S. The van der Waals surface area contributed by atoms with Crippen molar-refractivity contribution in [2.75, 3.05) is 25.1 Å². The van der Waals surface area contributed by atoms with Gasteiger partial charge in [-0.25, -0.2) is 4.79 Å². The summed E-state index contributed by atoms with van der Waals surface area (Å²) in [6, 6.07) is 4.36. The van der Waals surface area contributed by atoms with Crippen molar-refractivity contribution < 1.29 is 19.1 Å². The lowest BCUT2D eigenvalue weighted by Gasteiger charge is -2.35. The van der Waals surface area contributed by atoms with Crippen molar-refractivity contribution in [3.8, 4) is 0 Å². The predicted molar refractivity (Wildman–Crippen MR) is 154 cm³/mol. The Morgan fingerprint density at radius 2 is 1.70 bits per heavy atom. The van der Waals surface area contributed by atoms with Gasteiger partial charge in [-0.3, -0.25) is 9.59 Å². The molecule has 1 aromatic carbocycles. The van der Waals surface area contributed by atoms with Crippen molar-refractivity contribution >= 4 is 29.7 Å². The van der Waals surface area contributed by atoms with Crippen LogP contribution in [0.2, 0.25) is 0 Å². The van der Waals surface area contributed by atoms with E-state index in [2.05, 4.69) is 24.5 Å². The Kier molecular flexibility index (Phi) is 14.7. The van der Waals surface area contributed by atoms with Crippen LogP contribution in [0.25, 0.3) is 0 Å². The summed E-state index contributed by atoms with van der Waals surface area (Å²) in [6.45, 7) is 14.6. The second-order valence-electron chi connectivity index (χ2n) is 10.6. The molecule has 0 aromatic heterocycles. The quantitative estimate of drug-likeness (QED) is 0.272. The first-order chi connectivity index (χ1) is 17.4. The van der Waals surface area contributed by atoms with Gasteiger partial charge in [0.2, 0.25) is 11.8 Å². The third-order valence-corrected chi connectivity index (χ3v) is 6.77. The molecule has 1 aromatic rings. The zero-order valence-electron chi connectivity index (χ0n) is 24.2. The minimum Gasteiger partial charge on any atom is -0.444 e. The molecule has 2 unspecified atom stereocenters. The van der Waals surface area contributed by atoms with Crippen molar-refractivity contribution in [3.05, 3.63) is 34.9 Å². The van der Waals surface area contributed by atoms with Gasteiger partial charge in [-0.05, 0) is 82.6 Å². The van der Waals surface area contributed by atoms with Crippen LogP contribution in [0.15, 0.2) is 18.2 Å². The molecule has 0 fully saturated rings. The summed E-state index contributed by atoms with van der Waals surface area (Å²) in [5.41, 5.74) is 2.29. The van der Waals surface area contributed by atoms with Crippen molar-refractivity contribution in [2.24, 2.45) is 0 Å². The molecule has 2 atom stereocenters. The molecule has 0 bridgehead atoms. The number of carbonyl (C=O) groups is 3. The van der Waals surface area contributed by atoms with Gasteiger partial charge < -0.3 is 20.3 Å². The third kappa shape index (κ3) is 11.8. The second-order valence-corrected chi connectivity index (χ2v) is 11.6. The average Bonchev–Trinajstić information content (AvgIpc) is 2.81. The van der Waals surface area contributed by atoms with E-state index in [-0.39, 0.29) is 11.8 Å². The molecule has 3 amide bonds. The molecule has 0 aliphatic heterocycles. The number of alkyl carbamates (subject to hydrolysis) is 1. The fourth-order valence-corrected chi connectivity index (χ4v) is 4.41. The Morgan fingerprint density at radius 1 is 1.03 bits per heavy atom. The van der Waals surface area contributed by atoms with Crippen LogP contribution in [0.1, 0.15) is 95.9 Å². The Balaban J connectivity index is 3.46. The number of nitrogens with one attached hydrogen (secondary N) is 2. The first-order valence-corrected chi connectivity index (χ1v) is 15.0. The molecule has 0 spiro atoms. The number of nitrogens with zero attached hydrogens (tertiary/aromatic N) is 1. The Bertz CT molecular complexity index is 869. The maximum Gasteiger partial charge on any atom is 0.408 e. The molecule has 0 saturated heterocycles. The van der Waals surface area contributed by atoms with Crippen molar-refractivity contribution in [2.45, 2.75) is 105 Å². The molecular weight excluding hydrogens is 486 g/mol. The first-order valence-electron chi connectivity index (χ1n) is 13.6. The highest BCUT2D eigenvalue weighted by Crippen LogP contribution is 2.26. The van der Waals surface area contributed by atoms with Gasteiger partial charge in [0.05, 0.1) is 0 Å². The van der Waals surface area contributed by atoms with Crippen LogP contribution in [0, 0.1) is 13.8 Å². The van der Waals surface area contributed by atoms with Crippen LogP contribution >= 0.6 is 11.8 Å². The Morgan fingerprint density at radius 3 is 2.27 bits per heavy atom. The van der Waals surface area contributed by atoms with Gasteiger partial charge in [-0.15, -0.1) is 0 Å². The number of carbonyl (C=O) groups excluding carboxylic acids is 3. The normalized spacial score (nSPS) is 13.0. The molecule has 2 N–H and O–H groups in total. The Hall–Kier alpha value is -2.22. The first kappa shape index (κ1) is 32.8. The topological polar surface area (TPSA) is 87.7 Å². The van der Waals surface area contributed by atoms with Crippen LogP contribution in [0.5, 0.6) is 0 Å². The highest BCUT2D eigenvalue weighted by molar-refractivity contribution is 7.98. The lowest BCUT2D eigenvalue weighted by atomic mass is 9.97. The fourth-order valence-electron chi connectivity index (χ4n) is 3.93. The van der Waals surface area contributed by atoms with Crippen LogP contribution in [-0.4, -0.2) is 59.5 Å². The van der Waals surface area contributed by atoms with E-state index in [4.69, 9.17) is 4.74 Å². The summed E-state index contributed by atoms with van der Waals surface area (Å²) in [6.07, 6.45) is 6.31. The van der Waals surface area contributed by atoms with Crippen molar-refractivity contribution in [3.63, 3.8) is 0 Å². The summed E-state index contributed by atoms with van der Waals surface area (Å²) < 4.78 is 5.46. The number of ether oxygens (including phenoxy) is 1. The summed E-state index contributed by atoms with van der Waals surface area (Å²) in [4.78, 5) is 42.1. The number of amides is 3. The lowest BCUT2D eigenvalue weighted by Crippen LogP contribution is -2.53. The molecule has 210 valence electrons. The highest BCUT2D eigenvalue weighted by atomic mass is 32.2. The van der Waals surface area contributed by atoms with Gasteiger partial charge in [0.15, 0.2) is 0 Å². The maximum absolute atomic E-state index is 14.1. The largest absolute Gasteiger partial charge is 0.444 e. The summed E-state index contributed by atoms with van der Waals surface area (Å²) in [5.74, 6) is 0.235. The lowest BCUT2D eigenvalue weighted by molar-refractivity contribution is -0.142. The zero-order valence-corrected chi connectivity index (χ0v) is 25.1. The van der Waals surface area contributed by atoms with Crippen LogP contribution < -0.4 is 10.6 Å². The van der Waals surface area contributed by atoms with Crippen LogP contribution in [-0.2, 0) is 14.3 Å². The molecule has 0 aliphatic rings. The van der Waals surface area contributed by atoms with E-state index in [0.29, 0.717) is 25.3 Å². The summed E-state index contributed by atoms with van der Waals surface area (Å²) in [5, 5.41) is 5.85. The number of aryl methyl sites for hydroxylation is 2. The number of benzene rings is 1. The third-order valence-electron chi connectivity index (χ3n) is 6.12. The number of hydrogen-bond donors (Lipinski definition) is 2. The molecule has 37 heavy (non-hydrogen) atoms. The Labute approximate surface area is 228 Å². The molecule has 0 heterocycles. The fraction of sp³-hybridized carbons (Fsp3) is 0.690. The standard InChI is InChI=1S/C29H49N3O4S/c1-9-11-13-18-32(27(34)24(16-19-37-8)31-28(35)36-29(5,6)7)25(26(33)30-17-12-10-2)23-15-14-21(3)22(4)20-23/h14-15,20,24-25H,9-13,16-19H2,1-8H3,(H,30,33)(H,31,35). The molecule has 1 rings (SSSR count). The van der Waals surface area contributed by atoms with Gasteiger partial charge in [0.1, 0.15) is 17.7 Å². The number of hydrogen-bond acceptors (Lipinski definition) is 5. The smallest absolute Gasteiger partial charge is 0.408 e. The van der Waals surface area contributed by atoms with Gasteiger partial charge in [-0.2, -0.15) is 11.8 Å². The van der Waals surface area contributed by atoms with Gasteiger partial charge in [0, 0.05) is 13.1 Å². The number of thioether (sulfide) groups is 1. The SMILES string of the molecule is CCCCCN(C(=O)C(CCSC)NC(=O)OC(C)(C)C)C(C(=O)NCCCC)c1ccc(C)c(C)c1. The van der Waals surface area contributed by atoms with E-state index in [9.17, 15) is 14.4 Å². The minimum atomic E-state index is -0.790. The van der Waals surface area contributed by atoms with Crippen LogP contribution in [0.3, 0.4) is 0 Å². The molecule has 8 heteroatoms. The second kappa shape index (κ2) is 16.6. The highest BCUT2D eigenvalue weighted by Gasteiger charge is 2.36. The number of unbranched alkanes of at least 4 members (excludes halogenated alkanes) is 3. The summed E-state index contributed by atoms with van der Waals surface area (Å²) in [7, 11) is 0. The molecule has 0 saturated carbocycles. The average molecular weight is 536 g/mol. The van der Waals surface area contributed by atoms with E-state index < -0.39 is 23.8 Å². The van der Waals surface area contributed by atoms with Gasteiger partial charge in [0.25, 0.3) is 0 Å². The molecule has 0 aliphatic carbocycles. The van der Waals surface area contributed by atoms with Gasteiger partial charge in [-0.1, -0.05) is 51.3 Å². The molecule has 7 nitrogen and oxygen atoms in total. The zero-order chi connectivity index (χ0) is 28.0. The minimum absolute atomic E-state index is 0.192. The van der Waals surface area contributed by atoms with E-state index in [1.165, 1.54) is 0 Å². The molecule has 0 radical (unpaired) electrons. The monoisotopic (exact) mass is 535 g/mol. The van der Waals surface area contributed by atoms with E-state index in [1.54, 1.807) is 37.4 Å². The van der Waals surface area contributed by atoms with Crippen molar-refractivity contribution in [1.82, 2.24) is 15.5 Å². The number of rotatable bonds is 15. The maximum atomic E-state index is 14.1. The van der Waals surface area contributed by atoms with E-state index in [1.807, 2.05) is 38.3 Å².